The van der Waals surface area contributed by atoms with Crippen LogP contribution in [0.3, 0.4) is 0 Å². The zero-order valence-electron chi connectivity index (χ0n) is 40.6. The molecule has 1 aromatic heterocycles. The Morgan fingerprint density at radius 1 is 0.958 bits per heavy atom. The lowest BCUT2D eigenvalue weighted by Gasteiger charge is -2.35. The molecule has 6 rings (SSSR count). The number of halogens is 3. The van der Waals surface area contributed by atoms with Gasteiger partial charge in [0.15, 0.2) is 5.11 Å². The van der Waals surface area contributed by atoms with E-state index in [-0.39, 0.29) is 49.4 Å². The predicted molar refractivity (Wildman–Crippen MR) is 266 cm³/mol. The quantitative estimate of drug-likeness (QED) is 0.0546. The number of aliphatic hydroxyl groups is 1. The van der Waals surface area contributed by atoms with E-state index >= 15 is 0 Å². The molecule has 20 heteroatoms. The molecule has 2 aliphatic heterocycles. The molecule has 2 fully saturated rings. The molecule has 1 unspecified atom stereocenters. The van der Waals surface area contributed by atoms with E-state index in [1.54, 1.807) is 65.9 Å². The van der Waals surface area contributed by atoms with Crippen LogP contribution in [0.2, 0.25) is 0 Å². The molecule has 4 amide bonds. The van der Waals surface area contributed by atoms with Crippen molar-refractivity contribution in [3.63, 3.8) is 0 Å². The molecule has 3 N–H and O–H groups in total. The van der Waals surface area contributed by atoms with Crippen molar-refractivity contribution in [2.45, 2.75) is 110 Å². The molecule has 71 heavy (non-hydrogen) atoms. The topological polar surface area (TPSA) is 187 Å². The largest absolute Gasteiger partial charge is 0.494 e. The number of ether oxygens (including phenoxy) is 3. The number of nitriles is 1. The number of benzene rings is 3. The number of alkyl halides is 3. The first kappa shape index (κ1) is 54.4. The van der Waals surface area contributed by atoms with Gasteiger partial charge in [0.1, 0.15) is 30.0 Å². The minimum atomic E-state index is -4.80. The number of β-amino-alcohol motifs (C(OH)–C–C–N with tert-alkyl or cyclic N) is 1. The van der Waals surface area contributed by atoms with Crippen LogP contribution < -0.4 is 25.2 Å². The van der Waals surface area contributed by atoms with Crippen LogP contribution in [0.15, 0.2) is 72.2 Å². The molecule has 0 bridgehead atoms. The highest BCUT2D eigenvalue weighted by atomic mass is 32.1. The number of thiocarbonyl (C=S) groups is 1. The second-order valence-electron chi connectivity index (χ2n) is 19.0. The number of likely N-dealkylation sites (tertiary alicyclic amines) is 1. The maximum atomic E-state index is 13.9. The first-order valence-corrected chi connectivity index (χ1v) is 24.6. The van der Waals surface area contributed by atoms with Crippen molar-refractivity contribution in [2.75, 3.05) is 49.4 Å². The Morgan fingerprint density at radius 3 is 2.27 bits per heavy atom. The van der Waals surface area contributed by atoms with Crippen molar-refractivity contribution in [2.24, 2.45) is 5.41 Å². The Balaban J connectivity index is 0.851. The standard InChI is InChI=1S/C51H60F3N7O8S2/c1-32-43(71-31-57-32)34-13-11-33(12-14-34)28-56-45(64)41-26-38(62)29-59(41)46(65)44(49(2,3)4)58-42(63)30-68-23-10-22-67-21-8-7-9-24-69-39-19-17-36(18-20-39)61-48(70)60(47(66)50(61,5)6)37-16-15-35(27-55)40(25-37)51(52,53)54/h11-20,25,31,38,41,44,62H,7-10,21-24,26,28-30H2,1-6H3,(H,56,64)(H,58,63)/t38-,41-,44?/m0/s1. The molecule has 15 nitrogen and oxygen atoms in total. The van der Waals surface area contributed by atoms with E-state index in [0.717, 1.165) is 58.0 Å². The fourth-order valence-corrected chi connectivity index (χ4v) is 9.67. The number of aliphatic hydroxyl groups excluding tert-OH is 1. The second-order valence-corrected chi connectivity index (χ2v) is 20.2. The average molecular weight is 1020 g/mol. The number of nitrogens with one attached hydrogen (secondary N) is 2. The van der Waals surface area contributed by atoms with Crippen LogP contribution in [0.5, 0.6) is 5.75 Å². The van der Waals surface area contributed by atoms with Crippen LogP contribution >= 0.6 is 23.6 Å². The van der Waals surface area contributed by atoms with Gasteiger partial charge in [-0.2, -0.15) is 18.4 Å². The summed E-state index contributed by atoms with van der Waals surface area (Å²) < 4.78 is 58.4. The summed E-state index contributed by atoms with van der Waals surface area (Å²) in [6.45, 7) is 12.3. The summed E-state index contributed by atoms with van der Waals surface area (Å²) in [6.07, 6.45) is -2.66. The van der Waals surface area contributed by atoms with Gasteiger partial charge in [-0.1, -0.05) is 45.0 Å². The summed E-state index contributed by atoms with van der Waals surface area (Å²) in [7, 11) is 0. The minimum absolute atomic E-state index is 0.000625. The number of aryl methyl sites for hydroxylation is 1. The number of aromatic nitrogens is 1. The van der Waals surface area contributed by atoms with Crippen molar-refractivity contribution in [1.82, 2.24) is 20.5 Å². The highest BCUT2D eigenvalue weighted by Gasteiger charge is 2.51. The number of nitrogens with zero attached hydrogens (tertiary/aromatic N) is 5. The number of hydrogen-bond acceptors (Lipinski definition) is 12. The highest BCUT2D eigenvalue weighted by molar-refractivity contribution is 7.81. The highest BCUT2D eigenvalue weighted by Crippen LogP contribution is 2.40. The number of unbranched alkanes of at least 4 members (excludes halogenated alkanes) is 2. The number of thiazole rings is 1. The number of carbonyl (C=O) groups is 4. The van der Waals surface area contributed by atoms with Crippen LogP contribution in [-0.2, 0) is 41.4 Å². The maximum absolute atomic E-state index is 13.9. The number of rotatable bonds is 21. The summed E-state index contributed by atoms with van der Waals surface area (Å²) in [5, 5.41) is 25.5. The summed E-state index contributed by atoms with van der Waals surface area (Å²) >= 11 is 7.18. The third-order valence-electron chi connectivity index (χ3n) is 12.2. The summed E-state index contributed by atoms with van der Waals surface area (Å²) in [6, 6.07) is 17.5. The zero-order valence-corrected chi connectivity index (χ0v) is 42.3. The van der Waals surface area contributed by atoms with Crippen LogP contribution in [0.4, 0.5) is 24.5 Å². The van der Waals surface area contributed by atoms with E-state index in [2.05, 4.69) is 15.6 Å². The first-order valence-electron chi connectivity index (χ1n) is 23.3. The van der Waals surface area contributed by atoms with Crippen molar-refractivity contribution in [3.8, 4) is 22.3 Å². The Hall–Kier alpha value is -5.98. The number of carbonyl (C=O) groups excluding carboxylic acids is 4. The Labute approximate surface area is 421 Å². The van der Waals surface area contributed by atoms with E-state index in [9.17, 15) is 42.7 Å². The molecule has 3 aromatic carbocycles. The van der Waals surface area contributed by atoms with Gasteiger partial charge >= 0.3 is 6.18 Å². The average Bonchev–Trinajstić information content (AvgIpc) is 3.99. The number of hydrogen-bond donors (Lipinski definition) is 3. The van der Waals surface area contributed by atoms with Gasteiger partial charge in [0, 0.05) is 45.0 Å². The third kappa shape index (κ3) is 13.5. The third-order valence-corrected chi connectivity index (χ3v) is 13.5. The van der Waals surface area contributed by atoms with Crippen molar-refractivity contribution >= 4 is 63.7 Å². The van der Waals surface area contributed by atoms with Gasteiger partial charge in [-0.25, -0.2) is 4.98 Å². The molecule has 380 valence electrons. The van der Waals surface area contributed by atoms with E-state index in [1.165, 1.54) is 11.0 Å². The number of anilines is 2. The van der Waals surface area contributed by atoms with Crippen LogP contribution in [0.1, 0.15) is 89.1 Å². The Bertz CT molecular complexity index is 2580. The molecule has 3 heterocycles. The van der Waals surface area contributed by atoms with Gasteiger partial charge in [-0.3, -0.25) is 24.1 Å². The molecule has 3 atom stereocenters. The normalized spacial score (nSPS) is 17.3. The second kappa shape index (κ2) is 23.5. The fourth-order valence-electron chi connectivity index (χ4n) is 8.34. The van der Waals surface area contributed by atoms with Gasteiger partial charge in [-0.15, -0.1) is 11.3 Å². The molecule has 2 saturated heterocycles. The maximum Gasteiger partial charge on any atom is 0.417 e. The Kier molecular flexibility index (Phi) is 18.0. The zero-order chi connectivity index (χ0) is 51.7. The van der Waals surface area contributed by atoms with E-state index in [4.69, 9.17) is 26.4 Å². The van der Waals surface area contributed by atoms with Crippen LogP contribution in [-0.4, -0.2) is 107 Å². The van der Waals surface area contributed by atoms with Crippen molar-refractivity contribution in [1.29, 1.82) is 5.26 Å². The Morgan fingerprint density at radius 2 is 1.62 bits per heavy atom. The monoisotopic (exact) mass is 1020 g/mol. The van der Waals surface area contributed by atoms with Gasteiger partial charge < -0.3 is 39.8 Å². The van der Waals surface area contributed by atoms with E-state index < -0.39 is 64.2 Å². The summed E-state index contributed by atoms with van der Waals surface area (Å²) in [5.41, 5.74) is 1.50. The molecule has 2 aliphatic rings. The lowest BCUT2D eigenvalue weighted by atomic mass is 9.85. The predicted octanol–water partition coefficient (Wildman–Crippen LogP) is 7.71. The molecule has 0 spiro atoms. The molecular formula is C51H60F3N7O8S2. The summed E-state index contributed by atoms with van der Waals surface area (Å²) in [5.74, 6) is -1.25. The van der Waals surface area contributed by atoms with Gasteiger partial charge in [0.25, 0.3) is 5.91 Å². The molecule has 0 aliphatic carbocycles. The number of amides is 4. The minimum Gasteiger partial charge on any atom is -0.494 e. The first-order chi connectivity index (χ1) is 33.6. The van der Waals surface area contributed by atoms with Crippen molar-refractivity contribution in [3.05, 3.63) is 94.6 Å². The summed E-state index contributed by atoms with van der Waals surface area (Å²) in [4.78, 5) is 63.3. The van der Waals surface area contributed by atoms with Crippen LogP contribution in [0.25, 0.3) is 10.4 Å². The van der Waals surface area contributed by atoms with Gasteiger partial charge in [-0.05, 0) is 118 Å². The van der Waals surface area contributed by atoms with Gasteiger partial charge in [0.05, 0.1) is 51.7 Å². The lowest BCUT2D eigenvalue weighted by Crippen LogP contribution is -2.58. The molecule has 0 radical (unpaired) electrons. The van der Waals surface area contributed by atoms with E-state index in [1.807, 2.05) is 52.0 Å². The fraction of sp³-hybridized carbons (Fsp3) is 0.471. The molecular weight excluding hydrogens is 960 g/mol. The lowest BCUT2D eigenvalue weighted by molar-refractivity contribution is -0.144. The SMILES string of the molecule is Cc1ncsc1-c1ccc(CNC(=O)[C@@H]2C[C@H](O)CN2C(=O)C(NC(=O)COCCCOCCCCCOc2ccc(N3C(=S)N(c4ccc(C#N)c(C(F)(F)F)c4)C(=O)C3(C)C)cc2)C(C)(C)C)cc1. The molecule has 0 saturated carbocycles. The van der Waals surface area contributed by atoms with E-state index in [0.29, 0.717) is 37.7 Å². The molecule has 4 aromatic rings. The van der Waals surface area contributed by atoms with Crippen molar-refractivity contribution < 1.29 is 51.7 Å². The van der Waals surface area contributed by atoms with Crippen LogP contribution in [0, 0.1) is 23.7 Å². The smallest absolute Gasteiger partial charge is 0.417 e. The van der Waals surface area contributed by atoms with Gasteiger partial charge in [0.2, 0.25) is 17.7 Å².